The molecular formula is C22H21F2NO3S. The summed E-state index contributed by atoms with van der Waals surface area (Å²) < 4.78 is 51.1. The van der Waals surface area contributed by atoms with Gasteiger partial charge in [-0.3, -0.25) is 4.79 Å². The van der Waals surface area contributed by atoms with Crippen LogP contribution in [0.2, 0.25) is 0 Å². The molecule has 0 amide bonds. The second-order valence-corrected chi connectivity index (χ2v) is 9.17. The Labute approximate surface area is 169 Å². The summed E-state index contributed by atoms with van der Waals surface area (Å²) in [5.41, 5.74) is 1.43. The molecule has 0 radical (unpaired) electrons. The van der Waals surface area contributed by atoms with Crippen LogP contribution in [0.25, 0.3) is 0 Å². The van der Waals surface area contributed by atoms with Crippen LogP contribution in [0, 0.1) is 11.6 Å². The zero-order chi connectivity index (χ0) is 21.2. The summed E-state index contributed by atoms with van der Waals surface area (Å²) in [6, 6.07) is 9.20. The molecule has 0 aromatic heterocycles. The number of carbonyl (C=O) groups excluding carboxylic acids is 1. The van der Waals surface area contributed by atoms with Gasteiger partial charge in [0.1, 0.15) is 11.6 Å². The number of carbonyl (C=O) groups is 1. The van der Waals surface area contributed by atoms with E-state index in [-0.39, 0.29) is 17.1 Å². The van der Waals surface area contributed by atoms with E-state index >= 15 is 0 Å². The predicted molar refractivity (Wildman–Crippen MR) is 107 cm³/mol. The summed E-state index contributed by atoms with van der Waals surface area (Å²) in [7, 11) is -1.53. The average molecular weight is 417 g/mol. The van der Waals surface area contributed by atoms with Crippen LogP contribution in [0.1, 0.15) is 23.5 Å². The Morgan fingerprint density at radius 1 is 1.07 bits per heavy atom. The topological polar surface area (TPSA) is 54.5 Å². The molecule has 0 aliphatic carbocycles. The predicted octanol–water partition coefficient (Wildman–Crippen LogP) is 3.84. The molecule has 3 rings (SSSR count). The minimum Gasteiger partial charge on any atom is -0.376 e. The molecule has 0 saturated heterocycles. The molecule has 4 nitrogen and oxygen atoms in total. The number of sulfone groups is 1. The lowest BCUT2D eigenvalue weighted by Gasteiger charge is -2.21. The first-order valence-corrected chi connectivity index (χ1v) is 10.9. The number of hydrogen-bond donors (Lipinski definition) is 0. The van der Waals surface area contributed by atoms with Crippen LogP contribution in [0.15, 0.2) is 71.3 Å². The van der Waals surface area contributed by atoms with Gasteiger partial charge in [-0.05, 0) is 35.4 Å². The van der Waals surface area contributed by atoms with Crippen molar-refractivity contribution < 1.29 is 22.0 Å². The molecule has 152 valence electrons. The van der Waals surface area contributed by atoms with Gasteiger partial charge >= 0.3 is 0 Å². The van der Waals surface area contributed by atoms with E-state index in [9.17, 15) is 22.0 Å². The Morgan fingerprint density at radius 3 is 2.24 bits per heavy atom. The van der Waals surface area contributed by atoms with Gasteiger partial charge in [-0.25, -0.2) is 17.2 Å². The number of ketones is 1. The van der Waals surface area contributed by atoms with Crippen molar-refractivity contribution >= 4 is 15.6 Å². The maximum Gasteiger partial charge on any atom is 0.175 e. The minimum absolute atomic E-state index is 0.00880. The summed E-state index contributed by atoms with van der Waals surface area (Å²) in [4.78, 5) is 14.9. The number of likely N-dealkylation sites (N-methyl/N-ethyl adjacent to an activating group) is 1. The molecule has 1 heterocycles. The number of nitrogens with zero attached hydrogens (tertiary/aromatic N) is 1. The first-order valence-electron chi connectivity index (χ1n) is 9.01. The van der Waals surface area contributed by atoms with E-state index < -0.39 is 27.4 Å². The molecule has 0 spiro atoms. The van der Waals surface area contributed by atoms with Gasteiger partial charge in [0, 0.05) is 50.0 Å². The van der Waals surface area contributed by atoms with Crippen molar-refractivity contribution in [3.63, 3.8) is 0 Å². The van der Waals surface area contributed by atoms with Gasteiger partial charge in [-0.1, -0.05) is 24.3 Å². The van der Waals surface area contributed by atoms with Crippen LogP contribution in [-0.4, -0.2) is 38.9 Å². The van der Waals surface area contributed by atoms with Crippen molar-refractivity contribution in [1.29, 1.82) is 0 Å². The highest BCUT2D eigenvalue weighted by molar-refractivity contribution is 7.90. The van der Waals surface area contributed by atoms with Crippen molar-refractivity contribution in [1.82, 2.24) is 4.90 Å². The lowest BCUT2D eigenvalue weighted by molar-refractivity contribution is -0.115. The third-order valence-electron chi connectivity index (χ3n) is 4.76. The molecule has 0 fully saturated rings. The molecule has 29 heavy (non-hydrogen) atoms. The number of benzene rings is 2. The minimum atomic E-state index is -3.38. The maximum atomic E-state index is 13.8. The Bertz CT molecular complexity index is 1070. The molecule has 7 heteroatoms. The number of halogens is 2. The SMILES string of the molecule is CN1C=C(C(=O)CC(c2ccc(S(C)(=O)=O)cc2)c2cc(F)cc(F)c2)C=CC1. The highest BCUT2D eigenvalue weighted by Crippen LogP contribution is 2.31. The number of rotatable bonds is 6. The third-order valence-corrected chi connectivity index (χ3v) is 5.89. The van der Waals surface area contributed by atoms with E-state index in [0.717, 1.165) is 12.3 Å². The molecular weight excluding hydrogens is 396 g/mol. The summed E-state index contributed by atoms with van der Waals surface area (Å²) >= 11 is 0. The first-order chi connectivity index (χ1) is 13.6. The van der Waals surface area contributed by atoms with Crippen LogP contribution in [0.4, 0.5) is 8.78 Å². The van der Waals surface area contributed by atoms with Crippen LogP contribution in [0.5, 0.6) is 0 Å². The van der Waals surface area contributed by atoms with Gasteiger partial charge in [0.15, 0.2) is 15.6 Å². The number of hydrogen-bond acceptors (Lipinski definition) is 4. The zero-order valence-corrected chi connectivity index (χ0v) is 16.9. The summed E-state index contributed by atoms with van der Waals surface area (Å²) in [5, 5.41) is 0. The second kappa shape index (κ2) is 8.29. The molecule has 2 aromatic rings. The highest BCUT2D eigenvalue weighted by Gasteiger charge is 2.22. The molecule has 0 bridgehead atoms. The van der Waals surface area contributed by atoms with E-state index in [4.69, 9.17) is 0 Å². The molecule has 1 aliphatic rings. The highest BCUT2D eigenvalue weighted by atomic mass is 32.2. The number of Topliss-reactive ketones (excluding diaryl/α,β-unsaturated/α-hetero) is 1. The largest absolute Gasteiger partial charge is 0.376 e. The van der Waals surface area contributed by atoms with Gasteiger partial charge in [-0.2, -0.15) is 0 Å². The molecule has 0 saturated carbocycles. The van der Waals surface area contributed by atoms with Crippen LogP contribution < -0.4 is 0 Å². The summed E-state index contributed by atoms with van der Waals surface area (Å²) in [5.74, 6) is -2.26. The fourth-order valence-corrected chi connectivity index (χ4v) is 3.93. The lowest BCUT2D eigenvalue weighted by atomic mass is 9.85. The van der Waals surface area contributed by atoms with Gasteiger partial charge in [0.2, 0.25) is 0 Å². The quantitative estimate of drug-likeness (QED) is 0.717. The Hall–Kier alpha value is -2.80. The molecule has 2 aromatic carbocycles. The van der Waals surface area contributed by atoms with Gasteiger partial charge < -0.3 is 4.90 Å². The Kier molecular flexibility index (Phi) is 5.98. The summed E-state index contributed by atoms with van der Waals surface area (Å²) in [6.45, 7) is 0.697. The van der Waals surface area contributed by atoms with Crippen molar-refractivity contribution in [3.8, 4) is 0 Å². The lowest BCUT2D eigenvalue weighted by Crippen LogP contribution is -2.18. The van der Waals surface area contributed by atoms with E-state index in [1.807, 2.05) is 18.0 Å². The van der Waals surface area contributed by atoms with Crippen molar-refractivity contribution in [2.75, 3.05) is 19.8 Å². The molecule has 0 N–H and O–H groups in total. The second-order valence-electron chi connectivity index (χ2n) is 7.15. The van der Waals surface area contributed by atoms with Crippen LogP contribution in [0.3, 0.4) is 0 Å². The smallest absolute Gasteiger partial charge is 0.175 e. The molecule has 1 atom stereocenters. The standard InChI is InChI=1S/C22H21F2NO3S/c1-25-9-3-4-16(14-25)22(26)13-21(17-10-18(23)12-19(24)11-17)15-5-7-20(8-6-15)29(2,27)28/h3-8,10-12,14,21H,9,13H2,1-2H3. The van der Waals surface area contributed by atoms with Crippen molar-refractivity contribution in [2.24, 2.45) is 0 Å². The van der Waals surface area contributed by atoms with Crippen LogP contribution in [-0.2, 0) is 14.6 Å². The van der Waals surface area contributed by atoms with E-state index in [1.54, 1.807) is 24.4 Å². The van der Waals surface area contributed by atoms with Gasteiger partial charge in [0.05, 0.1) is 4.90 Å². The normalized spacial score (nSPS) is 15.2. The van der Waals surface area contributed by atoms with Crippen molar-refractivity contribution in [2.45, 2.75) is 17.2 Å². The number of allylic oxidation sites excluding steroid dienone is 2. The zero-order valence-electron chi connectivity index (χ0n) is 16.1. The Morgan fingerprint density at radius 2 is 1.69 bits per heavy atom. The van der Waals surface area contributed by atoms with Crippen molar-refractivity contribution in [3.05, 3.63) is 89.2 Å². The van der Waals surface area contributed by atoms with Gasteiger partial charge in [-0.15, -0.1) is 0 Å². The molecule has 1 unspecified atom stereocenters. The molecule has 1 aliphatic heterocycles. The average Bonchev–Trinajstić information content (AvgIpc) is 2.64. The third kappa shape index (κ3) is 5.17. The monoisotopic (exact) mass is 417 g/mol. The fourth-order valence-electron chi connectivity index (χ4n) is 3.30. The van der Waals surface area contributed by atoms with Crippen LogP contribution >= 0.6 is 0 Å². The Balaban J connectivity index is 2.00. The van der Waals surface area contributed by atoms with E-state index in [0.29, 0.717) is 23.2 Å². The first kappa shape index (κ1) is 20.9. The summed E-state index contributed by atoms with van der Waals surface area (Å²) in [6.07, 6.45) is 6.43. The van der Waals surface area contributed by atoms with E-state index in [1.165, 1.54) is 24.3 Å². The maximum absolute atomic E-state index is 13.8. The van der Waals surface area contributed by atoms with Gasteiger partial charge in [0.25, 0.3) is 0 Å². The van der Waals surface area contributed by atoms with E-state index in [2.05, 4.69) is 0 Å². The fraction of sp³-hybridized carbons (Fsp3) is 0.227.